The summed E-state index contributed by atoms with van der Waals surface area (Å²) in [6.07, 6.45) is 2.03. The number of hydrogen-bond donors (Lipinski definition) is 0. The minimum Gasteiger partial charge on any atom is -0.497 e. The Morgan fingerprint density at radius 1 is 1.24 bits per heavy atom. The summed E-state index contributed by atoms with van der Waals surface area (Å²) < 4.78 is 32.8. The SMILES string of the molecule is C=CCn1c(=NC(=O)CCCS(=O)(=O)c2ccccc2)sc2cc(OC)ccc21. The largest absolute Gasteiger partial charge is 0.497 e. The fourth-order valence-electron chi connectivity index (χ4n) is 2.89. The molecule has 0 atom stereocenters. The van der Waals surface area contributed by atoms with Gasteiger partial charge in [-0.1, -0.05) is 35.6 Å². The molecule has 2 aromatic carbocycles. The molecule has 1 aromatic heterocycles. The molecule has 0 aliphatic heterocycles. The van der Waals surface area contributed by atoms with E-state index in [9.17, 15) is 13.2 Å². The van der Waals surface area contributed by atoms with Gasteiger partial charge < -0.3 is 9.30 Å². The second-order valence-corrected chi connectivity index (χ2v) is 9.48. The fourth-order valence-corrected chi connectivity index (χ4v) is 5.31. The Balaban J connectivity index is 1.77. The average molecular weight is 431 g/mol. The first-order valence-corrected chi connectivity index (χ1v) is 11.5. The van der Waals surface area contributed by atoms with Gasteiger partial charge >= 0.3 is 0 Å². The van der Waals surface area contributed by atoms with Crippen molar-refractivity contribution in [1.29, 1.82) is 0 Å². The Hall–Kier alpha value is -2.71. The summed E-state index contributed by atoms with van der Waals surface area (Å²) in [6.45, 7) is 4.28. The summed E-state index contributed by atoms with van der Waals surface area (Å²) in [6, 6.07) is 13.9. The highest BCUT2D eigenvalue weighted by Crippen LogP contribution is 2.23. The van der Waals surface area contributed by atoms with Gasteiger partial charge in [-0.3, -0.25) is 4.79 Å². The Labute approximate surface area is 173 Å². The number of fused-ring (bicyclic) bond motifs is 1. The van der Waals surface area contributed by atoms with Gasteiger partial charge in [0.2, 0.25) is 5.91 Å². The molecule has 0 saturated carbocycles. The van der Waals surface area contributed by atoms with E-state index in [0.717, 1.165) is 16.0 Å². The number of amides is 1. The smallest absolute Gasteiger partial charge is 0.248 e. The summed E-state index contributed by atoms with van der Waals surface area (Å²) >= 11 is 1.39. The van der Waals surface area contributed by atoms with Crippen molar-refractivity contribution in [2.24, 2.45) is 4.99 Å². The average Bonchev–Trinajstić information content (AvgIpc) is 3.05. The highest BCUT2D eigenvalue weighted by atomic mass is 32.2. The molecule has 3 aromatic rings. The standard InChI is InChI=1S/C21H22N2O4S2/c1-3-13-23-18-12-11-16(27-2)15-19(18)28-21(23)22-20(24)10-7-14-29(25,26)17-8-5-4-6-9-17/h3-6,8-9,11-12,15H,1,7,10,13-14H2,2H3. The van der Waals surface area contributed by atoms with Crippen molar-refractivity contribution >= 4 is 37.3 Å². The molecule has 3 rings (SSSR count). The number of benzene rings is 2. The van der Waals surface area contributed by atoms with E-state index < -0.39 is 9.84 Å². The van der Waals surface area contributed by atoms with E-state index >= 15 is 0 Å². The molecule has 152 valence electrons. The molecule has 6 nitrogen and oxygen atoms in total. The zero-order chi connectivity index (χ0) is 20.9. The van der Waals surface area contributed by atoms with Crippen molar-refractivity contribution in [1.82, 2.24) is 4.57 Å². The Morgan fingerprint density at radius 2 is 2.00 bits per heavy atom. The molecule has 0 N–H and O–H groups in total. The van der Waals surface area contributed by atoms with Crippen molar-refractivity contribution in [2.45, 2.75) is 24.3 Å². The van der Waals surface area contributed by atoms with Crippen molar-refractivity contribution < 1.29 is 17.9 Å². The number of thiazole rings is 1. The van der Waals surface area contributed by atoms with E-state index in [1.807, 2.05) is 22.8 Å². The van der Waals surface area contributed by atoms with Crippen LogP contribution in [0.3, 0.4) is 0 Å². The van der Waals surface area contributed by atoms with Crippen molar-refractivity contribution in [3.05, 3.63) is 66.0 Å². The van der Waals surface area contributed by atoms with Gasteiger partial charge in [-0.2, -0.15) is 4.99 Å². The summed E-state index contributed by atoms with van der Waals surface area (Å²) in [7, 11) is -1.80. The van der Waals surface area contributed by atoms with E-state index in [0.29, 0.717) is 11.3 Å². The first-order valence-electron chi connectivity index (χ1n) is 9.08. The van der Waals surface area contributed by atoms with Gasteiger partial charge in [-0.05, 0) is 36.8 Å². The molecule has 0 unspecified atom stereocenters. The number of carbonyl (C=O) groups is 1. The van der Waals surface area contributed by atoms with Gasteiger partial charge in [-0.25, -0.2) is 8.42 Å². The Morgan fingerprint density at radius 3 is 2.69 bits per heavy atom. The lowest BCUT2D eigenvalue weighted by Gasteiger charge is -2.03. The number of nitrogens with zero attached hydrogens (tertiary/aromatic N) is 2. The molecule has 0 aliphatic carbocycles. The molecular weight excluding hydrogens is 408 g/mol. The molecule has 0 spiro atoms. The first kappa shape index (κ1) is 21.0. The molecule has 0 bridgehead atoms. The van der Waals surface area contributed by atoms with Crippen LogP contribution >= 0.6 is 11.3 Å². The molecule has 0 radical (unpaired) electrons. The lowest BCUT2D eigenvalue weighted by atomic mass is 10.3. The zero-order valence-corrected chi connectivity index (χ0v) is 17.7. The fraction of sp³-hybridized carbons (Fsp3) is 0.238. The number of hydrogen-bond acceptors (Lipinski definition) is 5. The second kappa shape index (κ2) is 9.19. The van der Waals surface area contributed by atoms with Gasteiger partial charge in [0.1, 0.15) is 5.75 Å². The van der Waals surface area contributed by atoms with Crippen LogP contribution in [0.25, 0.3) is 10.2 Å². The summed E-state index contributed by atoms with van der Waals surface area (Å²) in [4.78, 5) is 17.4. The number of aromatic nitrogens is 1. The molecular formula is C21H22N2O4S2. The third-order valence-electron chi connectivity index (χ3n) is 4.33. The van der Waals surface area contributed by atoms with Crippen LogP contribution in [0.2, 0.25) is 0 Å². The minimum absolute atomic E-state index is 0.0672. The van der Waals surface area contributed by atoms with Crippen LogP contribution in [0.15, 0.2) is 71.1 Å². The van der Waals surface area contributed by atoms with Gasteiger partial charge in [0.25, 0.3) is 0 Å². The Bertz CT molecular complexity index is 1190. The molecule has 1 heterocycles. The highest BCUT2D eigenvalue weighted by molar-refractivity contribution is 7.91. The molecule has 29 heavy (non-hydrogen) atoms. The Kier molecular flexibility index (Phi) is 6.66. The van der Waals surface area contributed by atoms with E-state index in [1.165, 1.54) is 11.3 Å². The molecule has 0 saturated heterocycles. The highest BCUT2D eigenvalue weighted by Gasteiger charge is 2.15. The van der Waals surface area contributed by atoms with Crippen LogP contribution in [0.5, 0.6) is 5.75 Å². The number of allylic oxidation sites excluding steroid dienone is 1. The maximum Gasteiger partial charge on any atom is 0.248 e. The summed E-state index contributed by atoms with van der Waals surface area (Å²) in [5, 5.41) is 0. The van der Waals surface area contributed by atoms with Crippen molar-refractivity contribution in [3.63, 3.8) is 0 Å². The quantitative estimate of drug-likeness (QED) is 0.512. The van der Waals surface area contributed by atoms with Gasteiger partial charge in [-0.15, -0.1) is 6.58 Å². The van der Waals surface area contributed by atoms with Crippen LogP contribution in [0.4, 0.5) is 0 Å². The number of carbonyl (C=O) groups excluding carboxylic acids is 1. The number of ether oxygens (including phenoxy) is 1. The minimum atomic E-state index is -3.40. The lowest BCUT2D eigenvalue weighted by Crippen LogP contribution is -2.16. The summed E-state index contributed by atoms with van der Waals surface area (Å²) in [5.41, 5.74) is 0.939. The van der Waals surface area contributed by atoms with Crippen LogP contribution in [-0.2, 0) is 21.2 Å². The van der Waals surface area contributed by atoms with Crippen molar-refractivity contribution in [2.75, 3.05) is 12.9 Å². The van der Waals surface area contributed by atoms with Crippen LogP contribution in [0.1, 0.15) is 12.8 Å². The van der Waals surface area contributed by atoms with Crippen molar-refractivity contribution in [3.8, 4) is 5.75 Å². The third kappa shape index (κ3) is 5.02. The van der Waals surface area contributed by atoms with E-state index in [4.69, 9.17) is 4.74 Å². The van der Waals surface area contributed by atoms with E-state index in [1.54, 1.807) is 43.5 Å². The third-order valence-corrected chi connectivity index (χ3v) is 7.19. The number of sulfone groups is 1. The topological polar surface area (TPSA) is 77.7 Å². The first-order chi connectivity index (χ1) is 13.9. The van der Waals surface area contributed by atoms with Gasteiger partial charge in [0.15, 0.2) is 14.6 Å². The molecule has 1 amide bonds. The van der Waals surface area contributed by atoms with Gasteiger partial charge in [0.05, 0.1) is 28.0 Å². The maximum absolute atomic E-state index is 12.4. The number of rotatable bonds is 8. The molecule has 0 fully saturated rings. The van der Waals surface area contributed by atoms with Crippen LogP contribution < -0.4 is 9.54 Å². The predicted octanol–water partition coefficient (Wildman–Crippen LogP) is 3.58. The molecule has 8 heteroatoms. The zero-order valence-electron chi connectivity index (χ0n) is 16.1. The van der Waals surface area contributed by atoms with Crippen LogP contribution in [-0.4, -0.2) is 31.8 Å². The summed E-state index contributed by atoms with van der Waals surface area (Å²) in [5.74, 6) is 0.298. The predicted molar refractivity (Wildman–Crippen MR) is 115 cm³/mol. The van der Waals surface area contributed by atoms with E-state index in [-0.39, 0.29) is 29.4 Å². The monoisotopic (exact) mass is 430 g/mol. The number of methoxy groups -OCH3 is 1. The lowest BCUT2D eigenvalue weighted by molar-refractivity contribution is -0.118. The molecule has 0 aliphatic rings. The van der Waals surface area contributed by atoms with Gasteiger partial charge in [0, 0.05) is 13.0 Å². The normalized spacial score (nSPS) is 12.2. The van der Waals surface area contributed by atoms with E-state index in [2.05, 4.69) is 11.6 Å². The second-order valence-electron chi connectivity index (χ2n) is 6.36. The maximum atomic E-state index is 12.4. The van der Waals surface area contributed by atoms with Crippen LogP contribution in [0, 0.1) is 0 Å².